The molecule has 0 atom stereocenters. The summed E-state index contributed by atoms with van der Waals surface area (Å²) in [6.07, 6.45) is 0. The zero-order chi connectivity index (χ0) is 15.5. The molecule has 1 aromatic carbocycles. The van der Waals surface area contributed by atoms with Crippen LogP contribution in [-0.4, -0.2) is 36.9 Å². The number of benzene rings is 1. The second-order valence-corrected chi connectivity index (χ2v) is 6.57. The Hall–Kier alpha value is -1.54. The topological polar surface area (TPSA) is 74.7 Å². The van der Waals surface area contributed by atoms with E-state index in [9.17, 15) is 22.0 Å². The highest BCUT2D eigenvalue weighted by Crippen LogP contribution is 2.21. The average molecular weight is 307 g/mol. The van der Waals surface area contributed by atoms with Crippen molar-refractivity contribution in [3.63, 3.8) is 0 Å². The van der Waals surface area contributed by atoms with Gasteiger partial charge in [-0.3, -0.25) is 4.79 Å². The lowest BCUT2D eigenvalue weighted by Crippen LogP contribution is -2.38. The molecule has 1 aromatic rings. The normalized spacial score (nSPS) is 12.1. The molecule has 0 aliphatic heterocycles. The lowest BCUT2D eigenvalue weighted by atomic mass is 10.2. The zero-order valence-corrected chi connectivity index (χ0v) is 11.8. The van der Waals surface area contributed by atoms with Crippen LogP contribution in [0, 0.1) is 17.6 Å². The summed E-state index contributed by atoms with van der Waals surface area (Å²) in [6.45, 7) is 2.46. The first-order chi connectivity index (χ1) is 9.14. The Labute approximate surface area is 115 Å². The highest BCUT2D eigenvalue weighted by molar-refractivity contribution is 7.89. The largest absolute Gasteiger partial charge is 0.480 e. The predicted molar refractivity (Wildman–Crippen MR) is 67.6 cm³/mol. The van der Waals surface area contributed by atoms with Crippen LogP contribution >= 0.6 is 0 Å². The summed E-state index contributed by atoms with van der Waals surface area (Å²) in [5, 5.41) is 8.76. The third-order valence-electron chi connectivity index (χ3n) is 2.39. The Morgan fingerprint density at radius 3 is 2.45 bits per heavy atom. The number of carboxylic acid groups (broad SMARTS) is 1. The summed E-state index contributed by atoms with van der Waals surface area (Å²) in [4.78, 5) is 9.89. The number of hydrogen-bond donors (Lipinski definition) is 1. The molecule has 0 bridgehead atoms. The number of hydrogen-bond acceptors (Lipinski definition) is 3. The molecular weight excluding hydrogens is 292 g/mol. The van der Waals surface area contributed by atoms with E-state index in [-0.39, 0.29) is 12.5 Å². The van der Waals surface area contributed by atoms with Gasteiger partial charge in [0.2, 0.25) is 10.0 Å². The van der Waals surface area contributed by atoms with Gasteiger partial charge in [-0.25, -0.2) is 17.2 Å². The van der Waals surface area contributed by atoms with Crippen LogP contribution in [0.1, 0.15) is 13.8 Å². The van der Waals surface area contributed by atoms with Gasteiger partial charge in [0, 0.05) is 6.54 Å². The van der Waals surface area contributed by atoms with E-state index < -0.39 is 39.1 Å². The van der Waals surface area contributed by atoms with Crippen molar-refractivity contribution >= 4 is 16.0 Å². The van der Waals surface area contributed by atoms with Gasteiger partial charge in [0.1, 0.15) is 23.1 Å². The van der Waals surface area contributed by atoms with Crippen LogP contribution in [0.5, 0.6) is 0 Å². The molecule has 0 unspecified atom stereocenters. The van der Waals surface area contributed by atoms with E-state index in [2.05, 4.69) is 0 Å². The molecular formula is C12H15F2NO4S. The van der Waals surface area contributed by atoms with Gasteiger partial charge in [0.15, 0.2) is 0 Å². The maximum atomic E-state index is 13.6. The molecule has 0 saturated carbocycles. The first-order valence-electron chi connectivity index (χ1n) is 5.81. The van der Waals surface area contributed by atoms with Crippen molar-refractivity contribution in [1.29, 1.82) is 0 Å². The molecule has 1 N–H and O–H groups in total. The number of halogens is 2. The smallest absolute Gasteiger partial charge is 0.318 e. The zero-order valence-electron chi connectivity index (χ0n) is 11.0. The third kappa shape index (κ3) is 3.97. The van der Waals surface area contributed by atoms with E-state index in [0.717, 1.165) is 6.07 Å². The van der Waals surface area contributed by atoms with Crippen molar-refractivity contribution in [1.82, 2.24) is 4.31 Å². The minimum atomic E-state index is -4.41. The molecule has 112 valence electrons. The number of carbonyl (C=O) groups is 1. The van der Waals surface area contributed by atoms with Crippen LogP contribution in [0.25, 0.3) is 0 Å². The number of rotatable bonds is 6. The average Bonchev–Trinajstić information content (AvgIpc) is 2.30. The van der Waals surface area contributed by atoms with Crippen molar-refractivity contribution in [2.45, 2.75) is 18.7 Å². The molecule has 1 rings (SSSR count). The van der Waals surface area contributed by atoms with Gasteiger partial charge < -0.3 is 5.11 Å². The fraction of sp³-hybridized carbons (Fsp3) is 0.417. The van der Waals surface area contributed by atoms with Crippen LogP contribution in [0.2, 0.25) is 0 Å². The van der Waals surface area contributed by atoms with Gasteiger partial charge >= 0.3 is 5.97 Å². The van der Waals surface area contributed by atoms with E-state index in [1.54, 1.807) is 13.8 Å². The molecule has 0 amide bonds. The molecule has 8 heteroatoms. The van der Waals surface area contributed by atoms with Crippen molar-refractivity contribution in [3.8, 4) is 0 Å². The lowest BCUT2D eigenvalue weighted by Gasteiger charge is -2.22. The molecule has 0 aromatic heterocycles. The first kappa shape index (κ1) is 16.5. The maximum absolute atomic E-state index is 13.6. The van der Waals surface area contributed by atoms with Gasteiger partial charge in [0.05, 0.1) is 0 Å². The summed E-state index contributed by atoms with van der Waals surface area (Å²) in [6, 6.07) is 2.02. The Kier molecular flexibility index (Phi) is 5.18. The molecule has 0 spiro atoms. The quantitative estimate of drug-likeness (QED) is 0.868. The van der Waals surface area contributed by atoms with Crippen molar-refractivity contribution < 1.29 is 27.1 Å². The van der Waals surface area contributed by atoms with E-state index in [1.807, 2.05) is 0 Å². The second kappa shape index (κ2) is 6.27. The summed E-state index contributed by atoms with van der Waals surface area (Å²) < 4.78 is 51.8. The predicted octanol–water partition coefficient (Wildman–Crippen LogP) is 1.70. The number of aliphatic carboxylic acids is 1. The van der Waals surface area contributed by atoms with Crippen LogP contribution in [0.3, 0.4) is 0 Å². The van der Waals surface area contributed by atoms with Crippen LogP contribution in [0.15, 0.2) is 23.1 Å². The van der Waals surface area contributed by atoms with Gasteiger partial charge in [-0.05, 0) is 24.1 Å². The van der Waals surface area contributed by atoms with Gasteiger partial charge in [-0.15, -0.1) is 0 Å². The molecule has 0 aliphatic carbocycles. The molecule has 0 saturated heterocycles. The minimum Gasteiger partial charge on any atom is -0.480 e. The Morgan fingerprint density at radius 2 is 1.95 bits per heavy atom. The van der Waals surface area contributed by atoms with E-state index in [4.69, 9.17) is 5.11 Å². The third-order valence-corrected chi connectivity index (χ3v) is 4.22. The molecule has 0 aliphatic rings. The summed E-state index contributed by atoms with van der Waals surface area (Å²) >= 11 is 0. The number of nitrogens with zero attached hydrogens (tertiary/aromatic N) is 1. The van der Waals surface area contributed by atoms with Gasteiger partial charge in [-0.1, -0.05) is 13.8 Å². The monoisotopic (exact) mass is 307 g/mol. The van der Waals surface area contributed by atoms with Crippen molar-refractivity contribution in [2.75, 3.05) is 13.1 Å². The maximum Gasteiger partial charge on any atom is 0.318 e. The highest BCUT2D eigenvalue weighted by atomic mass is 32.2. The van der Waals surface area contributed by atoms with Crippen molar-refractivity contribution in [3.05, 3.63) is 29.8 Å². The van der Waals surface area contributed by atoms with Gasteiger partial charge in [-0.2, -0.15) is 4.31 Å². The Morgan fingerprint density at radius 1 is 1.35 bits per heavy atom. The molecule has 20 heavy (non-hydrogen) atoms. The van der Waals surface area contributed by atoms with Gasteiger partial charge in [0.25, 0.3) is 0 Å². The summed E-state index contributed by atoms with van der Waals surface area (Å²) in [5.74, 6) is -3.57. The number of sulfonamides is 1. The lowest BCUT2D eigenvalue weighted by molar-refractivity contribution is -0.137. The minimum absolute atomic E-state index is 0.107. The molecule has 0 fully saturated rings. The standard InChI is InChI=1S/C12H15F2NO4S/c1-8(2)6-15(7-12(16)17)20(18,19)11-5-9(13)3-4-10(11)14/h3-5,8H,6-7H2,1-2H3,(H,16,17). The SMILES string of the molecule is CC(C)CN(CC(=O)O)S(=O)(=O)c1cc(F)ccc1F. The Balaban J connectivity index is 3.28. The fourth-order valence-electron chi connectivity index (χ4n) is 1.62. The Bertz CT molecular complexity index is 601. The second-order valence-electron chi connectivity index (χ2n) is 4.66. The van der Waals surface area contributed by atoms with Crippen LogP contribution in [-0.2, 0) is 14.8 Å². The molecule has 5 nitrogen and oxygen atoms in total. The van der Waals surface area contributed by atoms with Crippen LogP contribution in [0.4, 0.5) is 8.78 Å². The highest BCUT2D eigenvalue weighted by Gasteiger charge is 2.30. The first-order valence-corrected chi connectivity index (χ1v) is 7.25. The summed E-state index contributed by atoms with van der Waals surface area (Å²) in [5.41, 5.74) is 0. The van der Waals surface area contributed by atoms with Crippen LogP contribution < -0.4 is 0 Å². The molecule has 0 radical (unpaired) electrons. The number of carboxylic acids is 1. The van der Waals surface area contributed by atoms with E-state index in [1.165, 1.54) is 0 Å². The van der Waals surface area contributed by atoms with Crippen molar-refractivity contribution in [2.24, 2.45) is 5.92 Å². The molecule has 0 heterocycles. The fourth-order valence-corrected chi connectivity index (χ4v) is 3.25. The summed E-state index contributed by atoms with van der Waals surface area (Å²) in [7, 11) is -4.41. The van der Waals surface area contributed by atoms with E-state index >= 15 is 0 Å². The van der Waals surface area contributed by atoms with E-state index in [0.29, 0.717) is 16.4 Å².